The molecule has 0 aromatic heterocycles. The van der Waals surface area contributed by atoms with Gasteiger partial charge in [0.2, 0.25) is 0 Å². The summed E-state index contributed by atoms with van der Waals surface area (Å²) < 4.78 is 0. The van der Waals surface area contributed by atoms with Crippen molar-refractivity contribution in [2.75, 3.05) is 0 Å². The van der Waals surface area contributed by atoms with Crippen LogP contribution in [0.4, 0.5) is 0 Å². The van der Waals surface area contributed by atoms with Crippen molar-refractivity contribution in [2.24, 2.45) is 0 Å². The van der Waals surface area contributed by atoms with Crippen molar-refractivity contribution in [2.45, 2.75) is 9.88 Å². The summed E-state index contributed by atoms with van der Waals surface area (Å²) in [6.45, 7) is 0. The summed E-state index contributed by atoms with van der Waals surface area (Å²) in [4.78, 5) is 4.59. The summed E-state index contributed by atoms with van der Waals surface area (Å²) >= 11 is 0.230. The molecule has 0 aromatic rings. The average Bonchev–Trinajstić information content (AvgIpc) is 0.918. The van der Waals surface area contributed by atoms with Crippen LogP contribution in [0.25, 0.3) is 0 Å². The van der Waals surface area contributed by atoms with Crippen molar-refractivity contribution in [1.29, 1.82) is 0 Å². The number of halogens is 1. The molecule has 0 heterocycles. The molecular weight excluding hydrogens is 270 g/mol. The molecule has 0 aliphatic rings. The zero-order chi connectivity index (χ0) is 2.71. The second-order valence-electron chi connectivity index (χ2n) is 0.500. The van der Waals surface area contributed by atoms with Gasteiger partial charge in [0.15, 0.2) is 0 Å². The van der Waals surface area contributed by atoms with Crippen molar-refractivity contribution < 1.29 is 0 Å². The zero-order valence-corrected chi connectivity index (χ0v) is 8.09. The molecule has 26 valence electrons. The van der Waals surface area contributed by atoms with Crippen LogP contribution in [-0.2, 0) is 0 Å². The van der Waals surface area contributed by atoms with Crippen LogP contribution >= 0.6 is 24.0 Å². The third kappa shape index (κ3) is 9.66. The van der Waals surface area contributed by atoms with E-state index in [4.69, 9.17) is 0 Å². The van der Waals surface area contributed by atoms with Gasteiger partial charge in [-0.15, -0.1) is 24.0 Å². The molecular formula is C2H7ISn. The Morgan fingerprint density at radius 2 is 1.25 bits per heavy atom. The van der Waals surface area contributed by atoms with E-state index < -0.39 is 0 Å². The topological polar surface area (TPSA) is 0 Å². The fourth-order valence-corrected chi connectivity index (χ4v) is 0. The number of rotatable bonds is 0. The molecule has 0 saturated carbocycles. The Balaban J connectivity index is 0. The van der Waals surface area contributed by atoms with Crippen LogP contribution in [0.5, 0.6) is 0 Å². The molecule has 0 atom stereocenters. The quantitative estimate of drug-likeness (QED) is 0.464. The second kappa shape index (κ2) is 8.82. The van der Waals surface area contributed by atoms with E-state index in [1.54, 1.807) is 0 Å². The fraction of sp³-hybridized carbons (Fsp3) is 1.00. The van der Waals surface area contributed by atoms with E-state index in [2.05, 4.69) is 9.88 Å². The Hall–Kier alpha value is 1.53. The van der Waals surface area contributed by atoms with Gasteiger partial charge in [0.25, 0.3) is 0 Å². The zero-order valence-electron chi connectivity index (χ0n) is 2.91. The van der Waals surface area contributed by atoms with Crippen LogP contribution in [0.3, 0.4) is 0 Å². The van der Waals surface area contributed by atoms with Gasteiger partial charge in [-0.2, -0.15) is 0 Å². The van der Waals surface area contributed by atoms with Gasteiger partial charge in [0, 0.05) is 0 Å². The first-order chi connectivity index (χ1) is 1.41. The van der Waals surface area contributed by atoms with Gasteiger partial charge < -0.3 is 0 Å². The van der Waals surface area contributed by atoms with Gasteiger partial charge in [-0.05, 0) is 0 Å². The molecule has 0 N–H and O–H groups in total. The average molecular weight is 277 g/mol. The molecule has 0 spiro atoms. The standard InChI is InChI=1S/2CH3.HI.Sn/h2*1H3;1H;. The predicted molar refractivity (Wildman–Crippen MR) is 32.9 cm³/mol. The van der Waals surface area contributed by atoms with E-state index >= 15 is 0 Å². The molecule has 0 aliphatic heterocycles. The van der Waals surface area contributed by atoms with Crippen LogP contribution in [0.1, 0.15) is 0 Å². The second-order valence-corrected chi connectivity index (χ2v) is 3.35. The molecule has 0 unspecified atom stereocenters. The van der Waals surface area contributed by atoms with E-state index in [-0.39, 0.29) is 45.1 Å². The summed E-state index contributed by atoms with van der Waals surface area (Å²) in [5, 5.41) is 0. The van der Waals surface area contributed by atoms with Gasteiger partial charge in [-0.25, -0.2) is 0 Å². The number of hydrogen-bond acceptors (Lipinski definition) is 0. The summed E-state index contributed by atoms with van der Waals surface area (Å²) in [6.07, 6.45) is 0. The fourth-order valence-electron chi connectivity index (χ4n) is 0. The summed E-state index contributed by atoms with van der Waals surface area (Å²) in [5.74, 6) is 0. The van der Waals surface area contributed by atoms with Gasteiger partial charge in [0.05, 0.1) is 0 Å². The van der Waals surface area contributed by atoms with Crippen molar-refractivity contribution >= 4 is 45.1 Å². The summed E-state index contributed by atoms with van der Waals surface area (Å²) in [6, 6.07) is 0. The molecule has 4 heavy (non-hydrogen) atoms. The van der Waals surface area contributed by atoms with Crippen molar-refractivity contribution in [3.05, 3.63) is 0 Å². The minimum absolute atomic E-state index is 0. The Labute approximate surface area is 54.6 Å². The Morgan fingerprint density at radius 3 is 1.25 bits per heavy atom. The Kier molecular flexibility index (Phi) is 20.1. The number of hydrogen-bond donors (Lipinski definition) is 0. The predicted octanol–water partition coefficient (Wildman–Crippen LogP) is 1.40. The normalized spacial score (nSPS) is 4.50. The van der Waals surface area contributed by atoms with Gasteiger partial charge in [-0.3, -0.25) is 0 Å². The summed E-state index contributed by atoms with van der Waals surface area (Å²) in [7, 11) is 0. The SMILES string of the molecule is I.[CH3][Sn][CH3]. The molecule has 2 heteroatoms. The van der Waals surface area contributed by atoms with Gasteiger partial charge >= 0.3 is 31.0 Å². The Morgan fingerprint density at radius 1 is 1.25 bits per heavy atom. The molecule has 0 aromatic carbocycles. The maximum atomic E-state index is 2.30. The third-order valence-electron chi connectivity index (χ3n) is 0. The molecule has 0 amide bonds. The first-order valence-corrected chi connectivity index (χ1v) is 6.71. The molecule has 2 radical (unpaired) electrons. The van der Waals surface area contributed by atoms with Gasteiger partial charge in [0.1, 0.15) is 0 Å². The molecule has 0 bridgehead atoms. The van der Waals surface area contributed by atoms with E-state index in [1.807, 2.05) is 0 Å². The monoisotopic (exact) mass is 278 g/mol. The molecule has 0 saturated heterocycles. The van der Waals surface area contributed by atoms with E-state index in [1.165, 1.54) is 0 Å². The van der Waals surface area contributed by atoms with E-state index in [0.29, 0.717) is 0 Å². The first-order valence-electron chi connectivity index (χ1n) is 1.00. The molecule has 0 rings (SSSR count). The van der Waals surface area contributed by atoms with E-state index in [0.717, 1.165) is 0 Å². The molecule has 0 nitrogen and oxygen atoms in total. The van der Waals surface area contributed by atoms with Crippen LogP contribution < -0.4 is 0 Å². The third-order valence-corrected chi connectivity index (χ3v) is 0. The van der Waals surface area contributed by atoms with Crippen LogP contribution in [0.2, 0.25) is 9.88 Å². The van der Waals surface area contributed by atoms with Crippen molar-refractivity contribution in [1.82, 2.24) is 0 Å². The van der Waals surface area contributed by atoms with Crippen molar-refractivity contribution in [3.8, 4) is 0 Å². The maximum absolute atomic E-state index is 2.30. The van der Waals surface area contributed by atoms with Crippen LogP contribution in [0.15, 0.2) is 0 Å². The van der Waals surface area contributed by atoms with Crippen molar-refractivity contribution in [3.63, 3.8) is 0 Å². The Bertz CT molecular complexity index is 6.00. The molecule has 0 aliphatic carbocycles. The molecule has 0 fully saturated rings. The van der Waals surface area contributed by atoms with Gasteiger partial charge in [-0.1, -0.05) is 0 Å². The first kappa shape index (κ1) is 9.11. The van der Waals surface area contributed by atoms with Crippen LogP contribution in [-0.4, -0.2) is 21.1 Å². The minimum atomic E-state index is 0. The van der Waals surface area contributed by atoms with Crippen LogP contribution in [0, 0.1) is 0 Å². The summed E-state index contributed by atoms with van der Waals surface area (Å²) in [5.41, 5.74) is 0. The van der Waals surface area contributed by atoms with E-state index in [9.17, 15) is 0 Å².